The third-order valence-electron chi connectivity index (χ3n) is 5.38. The molecule has 0 bridgehead atoms. The SMILES string of the molecule is COC(=O)[C@@]1(C(=O)N[C@@H](C)c2ccccc2)[C@@H](C(C)C)N1C(=O)c1ccccc1. The minimum Gasteiger partial charge on any atom is -0.467 e. The Morgan fingerprint density at radius 3 is 2.03 bits per heavy atom. The van der Waals surface area contributed by atoms with E-state index in [-0.39, 0.29) is 17.9 Å². The molecular formula is C23H26N2O4. The van der Waals surface area contributed by atoms with Crippen molar-refractivity contribution in [3.05, 3.63) is 71.8 Å². The maximum Gasteiger partial charge on any atom is 0.344 e. The van der Waals surface area contributed by atoms with Crippen LogP contribution >= 0.6 is 0 Å². The van der Waals surface area contributed by atoms with Crippen molar-refractivity contribution in [3.63, 3.8) is 0 Å². The average molecular weight is 394 g/mol. The van der Waals surface area contributed by atoms with Crippen LogP contribution in [-0.2, 0) is 14.3 Å². The second kappa shape index (κ2) is 8.07. The smallest absolute Gasteiger partial charge is 0.344 e. The molecule has 1 aliphatic heterocycles. The second-order valence-corrected chi connectivity index (χ2v) is 7.59. The number of carbonyl (C=O) groups is 3. The lowest BCUT2D eigenvalue weighted by Gasteiger charge is -2.20. The van der Waals surface area contributed by atoms with Gasteiger partial charge >= 0.3 is 5.97 Å². The van der Waals surface area contributed by atoms with E-state index in [0.29, 0.717) is 5.56 Å². The van der Waals surface area contributed by atoms with Gasteiger partial charge in [-0.2, -0.15) is 0 Å². The van der Waals surface area contributed by atoms with Gasteiger partial charge < -0.3 is 15.0 Å². The molecule has 2 aromatic rings. The number of hydrogen-bond acceptors (Lipinski definition) is 4. The van der Waals surface area contributed by atoms with Gasteiger partial charge in [0.25, 0.3) is 11.8 Å². The Morgan fingerprint density at radius 2 is 1.52 bits per heavy atom. The monoisotopic (exact) mass is 394 g/mol. The number of benzene rings is 2. The molecule has 1 N–H and O–H groups in total. The molecule has 0 aliphatic carbocycles. The lowest BCUT2D eigenvalue weighted by Crippen LogP contribution is -2.49. The summed E-state index contributed by atoms with van der Waals surface area (Å²) < 4.78 is 4.99. The zero-order valence-electron chi connectivity index (χ0n) is 17.1. The Balaban J connectivity index is 1.95. The molecule has 0 spiro atoms. The summed E-state index contributed by atoms with van der Waals surface area (Å²) in [5, 5.41) is 2.90. The lowest BCUT2D eigenvalue weighted by atomic mass is 9.95. The number of hydrogen-bond donors (Lipinski definition) is 1. The molecule has 1 fully saturated rings. The maximum atomic E-state index is 13.4. The largest absolute Gasteiger partial charge is 0.467 e. The van der Waals surface area contributed by atoms with Gasteiger partial charge in [-0.15, -0.1) is 0 Å². The number of amides is 2. The summed E-state index contributed by atoms with van der Waals surface area (Å²) in [6, 6.07) is 17.2. The summed E-state index contributed by atoms with van der Waals surface area (Å²) in [4.78, 5) is 40.7. The number of nitrogens with zero attached hydrogens (tertiary/aromatic N) is 1. The first kappa shape index (κ1) is 20.6. The summed E-state index contributed by atoms with van der Waals surface area (Å²) in [7, 11) is 1.23. The van der Waals surface area contributed by atoms with Gasteiger partial charge in [0.05, 0.1) is 19.2 Å². The first-order chi connectivity index (χ1) is 13.9. The first-order valence-corrected chi connectivity index (χ1v) is 9.68. The van der Waals surface area contributed by atoms with Crippen molar-refractivity contribution in [2.45, 2.75) is 38.4 Å². The van der Waals surface area contributed by atoms with Crippen molar-refractivity contribution in [2.24, 2.45) is 5.92 Å². The van der Waals surface area contributed by atoms with Crippen molar-refractivity contribution < 1.29 is 19.1 Å². The van der Waals surface area contributed by atoms with Gasteiger partial charge in [-0.25, -0.2) is 4.79 Å². The van der Waals surface area contributed by atoms with Crippen molar-refractivity contribution in [2.75, 3.05) is 7.11 Å². The molecule has 6 nitrogen and oxygen atoms in total. The average Bonchev–Trinajstić information content (AvgIpc) is 3.45. The predicted molar refractivity (Wildman–Crippen MR) is 109 cm³/mol. The van der Waals surface area contributed by atoms with Crippen LogP contribution in [0.2, 0.25) is 0 Å². The van der Waals surface area contributed by atoms with Crippen LogP contribution in [0.15, 0.2) is 60.7 Å². The van der Waals surface area contributed by atoms with Gasteiger partial charge in [-0.1, -0.05) is 62.4 Å². The summed E-state index contributed by atoms with van der Waals surface area (Å²) >= 11 is 0. The van der Waals surface area contributed by atoms with Crippen molar-refractivity contribution in [1.29, 1.82) is 0 Å². The molecule has 1 saturated heterocycles. The second-order valence-electron chi connectivity index (χ2n) is 7.59. The molecule has 0 radical (unpaired) electrons. The molecular weight excluding hydrogens is 368 g/mol. The van der Waals surface area contributed by atoms with Crippen LogP contribution in [0.5, 0.6) is 0 Å². The minimum atomic E-state index is -1.67. The van der Waals surface area contributed by atoms with Crippen LogP contribution in [0.1, 0.15) is 42.7 Å². The number of methoxy groups -OCH3 is 1. The Hall–Kier alpha value is -3.15. The van der Waals surface area contributed by atoms with Crippen LogP contribution in [-0.4, -0.2) is 41.4 Å². The maximum absolute atomic E-state index is 13.4. The van der Waals surface area contributed by atoms with Crippen LogP contribution < -0.4 is 5.32 Å². The molecule has 1 heterocycles. The summed E-state index contributed by atoms with van der Waals surface area (Å²) in [5.74, 6) is -1.72. The standard InChI is InChI=1S/C23H26N2O4/c1-15(2)19-23(22(28)29-4,25(19)20(26)18-13-9-6-10-14-18)21(27)24-16(3)17-11-7-5-8-12-17/h5-16,19H,1-4H3,(H,24,27)/t16-,19+,23-,25?/m0/s1. The summed E-state index contributed by atoms with van der Waals surface area (Å²) in [6.07, 6.45) is 0. The Bertz CT molecular complexity index is 898. The fourth-order valence-electron chi connectivity index (χ4n) is 3.94. The summed E-state index contributed by atoms with van der Waals surface area (Å²) in [5.41, 5.74) is -0.338. The fraction of sp³-hybridized carbons (Fsp3) is 0.348. The highest BCUT2D eigenvalue weighted by Crippen LogP contribution is 2.48. The van der Waals surface area contributed by atoms with Gasteiger partial charge in [-0.3, -0.25) is 9.59 Å². The highest BCUT2D eigenvalue weighted by molar-refractivity contribution is 6.18. The lowest BCUT2D eigenvalue weighted by molar-refractivity contribution is -0.149. The van der Waals surface area contributed by atoms with E-state index in [1.54, 1.807) is 30.3 Å². The van der Waals surface area contributed by atoms with E-state index in [9.17, 15) is 14.4 Å². The van der Waals surface area contributed by atoms with E-state index in [1.165, 1.54) is 12.0 Å². The number of carbonyl (C=O) groups excluding carboxylic acids is 3. The van der Waals surface area contributed by atoms with E-state index in [4.69, 9.17) is 4.74 Å². The zero-order valence-corrected chi connectivity index (χ0v) is 17.1. The number of ether oxygens (including phenoxy) is 1. The molecule has 0 unspecified atom stereocenters. The number of rotatable bonds is 6. The first-order valence-electron chi connectivity index (χ1n) is 9.68. The van der Waals surface area contributed by atoms with Crippen LogP contribution in [0.3, 0.4) is 0 Å². The predicted octanol–water partition coefficient (Wildman–Crippen LogP) is 2.96. The van der Waals surface area contributed by atoms with Crippen LogP contribution in [0.25, 0.3) is 0 Å². The molecule has 3 atom stereocenters. The van der Waals surface area contributed by atoms with E-state index in [1.807, 2.05) is 51.1 Å². The molecule has 0 saturated carbocycles. The molecule has 2 amide bonds. The fourth-order valence-corrected chi connectivity index (χ4v) is 3.94. The molecule has 152 valence electrons. The van der Waals surface area contributed by atoms with Gasteiger partial charge in [-0.05, 0) is 30.5 Å². The third-order valence-corrected chi connectivity index (χ3v) is 5.38. The molecule has 2 aromatic carbocycles. The molecule has 3 rings (SSSR count). The Kier molecular flexibility index (Phi) is 5.73. The Labute approximate surface area is 170 Å². The minimum absolute atomic E-state index is 0.112. The van der Waals surface area contributed by atoms with Crippen molar-refractivity contribution >= 4 is 17.8 Å². The quantitative estimate of drug-likeness (QED) is 0.464. The van der Waals surface area contributed by atoms with Gasteiger partial charge in [0.1, 0.15) is 0 Å². The van der Waals surface area contributed by atoms with Crippen LogP contribution in [0.4, 0.5) is 0 Å². The van der Waals surface area contributed by atoms with Crippen LogP contribution in [0, 0.1) is 5.92 Å². The normalized spacial score (nSPS) is 21.4. The van der Waals surface area contributed by atoms with Crippen molar-refractivity contribution in [1.82, 2.24) is 10.2 Å². The number of nitrogens with one attached hydrogen (secondary N) is 1. The van der Waals surface area contributed by atoms with Crippen molar-refractivity contribution in [3.8, 4) is 0 Å². The van der Waals surface area contributed by atoms with E-state index >= 15 is 0 Å². The number of esters is 1. The van der Waals surface area contributed by atoms with Gasteiger partial charge in [0.15, 0.2) is 0 Å². The molecule has 6 heteroatoms. The third kappa shape index (κ3) is 3.50. The highest BCUT2D eigenvalue weighted by atomic mass is 16.5. The molecule has 1 aliphatic rings. The molecule has 29 heavy (non-hydrogen) atoms. The topological polar surface area (TPSA) is 75.5 Å². The highest BCUT2D eigenvalue weighted by Gasteiger charge is 2.77. The van der Waals surface area contributed by atoms with E-state index < -0.39 is 23.5 Å². The van der Waals surface area contributed by atoms with Gasteiger partial charge in [0, 0.05) is 5.56 Å². The molecule has 0 aromatic heterocycles. The van der Waals surface area contributed by atoms with Gasteiger partial charge in [0.2, 0.25) is 5.54 Å². The van der Waals surface area contributed by atoms with E-state index in [0.717, 1.165) is 5.56 Å². The summed E-state index contributed by atoms with van der Waals surface area (Å²) in [6.45, 7) is 5.61. The zero-order chi connectivity index (χ0) is 21.2. The van der Waals surface area contributed by atoms with E-state index in [2.05, 4.69) is 5.32 Å². The Morgan fingerprint density at radius 1 is 0.966 bits per heavy atom.